The van der Waals surface area contributed by atoms with Crippen molar-refractivity contribution in [2.75, 3.05) is 6.67 Å². The molecule has 0 spiro atoms. The van der Waals surface area contributed by atoms with E-state index < -0.39 is 18.2 Å². The van der Waals surface area contributed by atoms with Crippen molar-refractivity contribution in [3.05, 3.63) is 33.2 Å². The molecule has 16 heavy (non-hydrogen) atoms. The molecule has 0 atom stereocenters. The number of nitrogens with zero attached hydrogens (tertiary/aromatic N) is 1. The maximum absolute atomic E-state index is 12.0. The maximum Gasteiger partial charge on any atom is 0.341 e. The summed E-state index contributed by atoms with van der Waals surface area (Å²) < 4.78 is 13.4. The summed E-state index contributed by atoms with van der Waals surface area (Å²) in [4.78, 5) is 22.7. The van der Waals surface area contributed by atoms with Crippen LogP contribution in [0.2, 0.25) is 0 Å². The van der Waals surface area contributed by atoms with E-state index in [1.54, 1.807) is 19.9 Å². The third-order valence-corrected chi connectivity index (χ3v) is 2.43. The number of pyridine rings is 1. The molecule has 0 saturated carbocycles. The highest BCUT2D eigenvalue weighted by Crippen LogP contribution is 2.07. The first kappa shape index (κ1) is 12.4. The van der Waals surface area contributed by atoms with Crippen LogP contribution >= 0.6 is 0 Å². The Balaban J connectivity index is 3.34. The highest BCUT2D eigenvalue weighted by molar-refractivity contribution is 5.88. The zero-order valence-electron chi connectivity index (χ0n) is 9.29. The number of carbonyl (C=O) groups is 1. The van der Waals surface area contributed by atoms with Crippen LogP contribution in [0.5, 0.6) is 0 Å². The Morgan fingerprint density at radius 1 is 1.50 bits per heavy atom. The summed E-state index contributed by atoms with van der Waals surface area (Å²) in [5.74, 6) is -1.24. The number of hydrogen-bond acceptors (Lipinski definition) is 2. The molecule has 0 aliphatic heterocycles. The van der Waals surface area contributed by atoms with Crippen molar-refractivity contribution in [2.24, 2.45) is 0 Å². The van der Waals surface area contributed by atoms with Gasteiger partial charge in [-0.2, -0.15) is 0 Å². The molecule has 0 aliphatic rings. The van der Waals surface area contributed by atoms with E-state index in [0.29, 0.717) is 11.3 Å². The largest absolute Gasteiger partial charge is 0.477 e. The number of carboxylic acids is 1. The zero-order valence-corrected chi connectivity index (χ0v) is 9.29. The van der Waals surface area contributed by atoms with Gasteiger partial charge >= 0.3 is 5.97 Å². The first-order valence-electron chi connectivity index (χ1n) is 4.99. The lowest BCUT2D eigenvalue weighted by Gasteiger charge is -2.11. The van der Waals surface area contributed by atoms with Gasteiger partial charge in [-0.3, -0.25) is 9.18 Å². The Morgan fingerprint density at radius 2 is 2.12 bits per heavy atom. The summed E-state index contributed by atoms with van der Waals surface area (Å²) in [5.41, 5.74) is 0.301. The molecule has 1 heterocycles. The van der Waals surface area contributed by atoms with E-state index >= 15 is 0 Å². The molecular formula is C11H14FNO3. The second-order valence-corrected chi connectivity index (χ2v) is 3.65. The van der Waals surface area contributed by atoms with Gasteiger partial charge in [-0.1, -0.05) is 0 Å². The first-order chi connectivity index (χ1) is 7.49. The lowest BCUT2D eigenvalue weighted by molar-refractivity contribution is 0.0693. The first-order valence-corrected chi connectivity index (χ1v) is 4.99. The number of rotatable bonds is 4. The van der Waals surface area contributed by atoms with Crippen molar-refractivity contribution in [3.8, 4) is 0 Å². The molecule has 0 fully saturated rings. The van der Waals surface area contributed by atoms with Crippen LogP contribution in [-0.4, -0.2) is 22.3 Å². The van der Waals surface area contributed by atoms with Gasteiger partial charge in [-0.15, -0.1) is 0 Å². The van der Waals surface area contributed by atoms with Gasteiger partial charge in [0.1, 0.15) is 5.56 Å². The van der Waals surface area contributed by atoms with Gasteiger partial charge < -0.3 is 9.67 Å². The second kappa shape index (κ2) is 4.92. The summed E-state index contributed by atoms with van der Waals surface area (Å²) in [7, 11) is 0. The summed E-state index contributed by atoms with van der Waals surface area (Å²) in [5, 5.41) is 8.90. The Hall–Kier alpha value is -1.65. The van der Waals surface area contributed by atoms with E-state index in [2.05, 4.69) is 0 Å². The highest BCUT2D eigenvalue weighted by atomic mass is 19.1. The highest BCUT2D eigenvalue weighted by Gasteiger charge is 2.15. The number of aromatic nitrogens is 1. The Kier molecular flexibility index (Phi) is 3.82. The van der Waals surface area contributed by atoms with Crippen LogP contribution in [0.4, 0.5) is 4.39 Å². The van der Waals surface area contributed by atoms with Crippen LogP contribution in [0.15, 0.2) is 10.9 Å². The predicted molar refractivity (Wildman–Crippen MR) is 57.7 cm³/mol. The Bertz CT molecular complexity index is 465. The van der Waals surface area contributed by atoms with E-state index in [-0.39, 0.29) is 18.5 Å². The monoisotopic (exact) mass is 227 g/mol. The van der Waals surface area contributed by atoms with Crippen molar-refractivity contribution in [1.29, 1.82) is 0 Å². The number of aryl methyl sites for hydroxylation is 2. The van der Waals surface area contributed by atoms with Crippen molar-refractivity contribution in [3.63, 3.8) is 0 Å². The van der Waals surface area contributed by atoms with Gasteiger partial charge in [0, 0.05) is 12.2 Å². The van der Waals surface area contributed by atoms with Gasteiger partial charge in [0.2, 0.25) is 0 Å². The molecule has 4 nitrogen and oxygen atoms in total. The van der Waals surface area contributed by atoms with E-state index in [0.717, 1.165) is 0 Å². The average Bonchev–Trinajstić information content (AvgIpc) is 2.16. The fourth-order valence-corrected chi connectivity index (χ4v) is 1.68. The molecule has 1 rings (SSSR count). The number of aromatic carboxylic acids is 1. The van der Waals surface area contributed by atoms with Gasteiger partial charge in [-0.05, 0) is 31.9 Å². The third-order valence-electron chi connectivity index (χ3n) is 2.43. The predicted octanol–water partition coefficient (Wildman–Crippen LogP) is 1.52. The van der Waals surface area contributed by atoms with E-state index in [1.165, 1.54) is 4.57 Å². The van der Waals surface area contributed by atoms with E-state index in [9.17, 15) is 14.0 Å². The van der Waals surface area contributed by atoms with Crippen LogP contribution in [0.25, 0.3) is 0 Å². The van der Waals surface area contributed by atoms with Crippen molar-refractivity contribution in [1.82, 2.24) is 4.57 Å². The van der Waals surface area contributed by atoms with Crippen LogP contribution in [0.1, 0.15) is 28.0 Å². The van der Waals surface area contributed by atoms with E-state index in [4.69, 9.17) is 5.11 Å². The normalized spacial score (nSPS) is 10.4. The van der Waals surface area contributed by atoms with Crippen LogP contribution in [-0.2, 0) is 6.54 Å². The number of carboxylic acid groups (broad SMARTS) is 1. The topological polar surface area (TPSA) is 59.3 Å². The molecule has 1 aromatic rings. The summed E-state index contributed by atoms with van der Waals surface area (Å²) in [6.45, 7) is 2.97. The van der Waals surface area contributed by atoms with Crippen molar-refractivity contribution in [2.45, 2.75) is 26.8 Å². The summed E-state index contributed by atoms with van der Waals surface area (Å²) in [6, 6.07) is 1.63. The molecule has 0 aromatic carbocycles. The van der Waals surface area contributed by atoms with Gasteiger partial charge in [-0.25, -0.2) is 4.79 Å². The van der Waals surface area contributed by atoms with Crippen LogP contribution < -0.4 is 5.56 Å². The molecule has 5 heteroatoms. The lowest BCUT2D eigenvalue weighted by atomic mass is 10.1. The fourth-order valence-electron chi connectivity index (χ4n) is 1.68. The smallest absolute Gasteiger partial charge is 0.341 e. The summed E-state index contributed by atoms with van der Waals surface area (Å²) in [6.07, 6.45) is 0.211. The Morgan fingerprint density at radius 3 is 2.62 bits per heavy atom. The molecule has 0 amide bonds. The zero-order chi connectivity index (χ0) is 12.3. The molecule has 88 valence electrons. The SMILES string of the molecule is Cc1cc(C)n(CCCF)c(=O)c1C(=O)O. The minimum absolute atomic E-state index is 0.210. The van der Waals surface area contributed by atoms with Crippen molar-refractivity contribution >= 4 is 5.97 Å². The van der Waals surface area contributed by atoms with Crippen LogP contribution in [0.3, 0.4) is 0 Å². The molecule has 0 unspecified atom stereocenters. The average molecular weight is 227 g/mol. The van der Waals surface area contributed by atoms with Crippen molar-refractivity contribution < 1.29 is 14.3 Å². The molecule has 0 bridgehead atoms. The molecule has 1 N–H and O–H groups in total. The number of halogens is 1. The quantitative estimate of drug-likeness (QED) is 0.848. The third kappa shape index (κ3) is 2.29. The van der Waals surface area contributed by atoms with E-state index in [1.807, 2.05) is 0 Å². The summed E-state index contributed by atoms with van der Waals surface area (Å²) >= 11 is 0. The number of alkyl halides is 1. The molecule has 0 saturated heterocycles. The molecule has 1 aromatic heterocycles. The minimum atomic E-state index is -1.24. The molecule has 0 aliphatic carbocycles. The maximum atomic E-state index is 12.0. The molecular weight excluding hydrogens is 213 g/mol. The fraction of sp³-hybridized carbons (Fsp3) is 0.455. The lowest BCUT2D eigenvalue weighted by Crippen LogP contribution is -2.29. The standard InChI is InChI=1S/C11H14FNO3/c1-7-6-8(2)13(5-3-4-12)10(14)9(7)11(15)16/h6H,3-5H2,1-2H3,(H,15,16). The number of hydrogen-bond donors (Lipinski definition) is 1. The molecule has 0 radical (unpaired) electrons. The van der Waals surface area contributed by atoms with Gasteiger partial charge in [0.25, 0.3) is 5.56 Å². The second-order valence-electron chi connectivity index (χ2n) is 3.65. The van der Waals surface area contributed by atoms with Gasteiger partial charge in [0.15, 0.2) is 0 Å². The van der Waals surface area contributed by atoms with Crippen LogP contribution in [0, 0.1) is 13.8 Å². The Labute approximate surface area is 92.3 Å². The minimum Gasteiger partial charge on any atom is -0.477 e. The van der Waals surface area contributed by atoms with Gasteiger partial charge in [0.05, 0.1) is 6.67 Å².